The van der Waals surface area contributed by atoms with Gasteiger partial charge in [0.05, 0.1) is 0 Å². The highest BCUT2D eigenvalue weighted by atomic mass is 32.2. The van der Waals surface area contributed by atoms with Crippen molar-refractivity contribution in [3.05, 3.63) is 132 Å². The first-order valence-corrected chi connectivity index (χ1v) is 18.6. The maximum Gasteiger partial charge on any atom is 0.185 e. The zero-order valence-corrected chi connectivity index (χ0v) is 26.8. The monoisotopic (exact) mass is 596 g/mol. The smallest absolute Gasteiger partial charge is 0.185 e. The third kappa shape index (κ3) is 10.7. The molecule has 0 saturated heterocycles. The topological polar surface area (TPSA) is 17.1 Å². The lowest BCUT2D eigenvalue weighted by Crippen LogP contribution is -2.15. The van der Waals surface area contributed by atoms with Crippen LogP contribution in [0.4, 0.5) is 0 Å². The number of hydrogen-bond acceptors (Lipinski definition) is 2. The van der Waals surface area contributed by atoms with Gasteiger partial charge in [-0.25, -0.2) is 0 Å². The van der Waals surface area contributed by atoms with Gasteiger partial charge in [0.25, 0.3) is 0 Å². The molecule has 41 heavy (non-hydrogen) atoms. The minimum absolute atomic E-state index is 0.239. The van der Waals surface area contributed by atoms with E-state index in [0.717, 1.165) is 18.6 Å². The maximum atomic E-state index is 11.1. The number of carbonyl (C=O) groups excluding carboxylic acids is 1. The average Bonchev–Trinajstić information content (AvgIpc) is 3.02. The number of rotatable bonds is 16. The van der Waals surface area contributed by atoms with Crippen molar-refractivity contribution >= 4 is 53.9 Å². The molecule has 0 heterocycles. The molecule has 0 unspecified atom stereocenters. The third-order valence-electron chi connectivity index (χ3n) is 7.05. The summed E-state index contributed by atoms with van der Waals surface area (Å²) in [4.78, 5) is 11.1. The van der Waals surface area contributed by atoms with E-state index in [9.17, 15) is 4.79 Å². The van der Waals surface area contributed by atoms with Crippen LogP contribution in [0.25, 0.3) is 0 Å². The molecule has 4 heteroatoms. The molecule has 0 fully saturated rings. The highest BCUT2D eigenvalue weighted by Gasteiger charge is 2.21. The second-order valence-corrected chi connectivity index (χ2v) is 15.8. The minimum atomic E-state index is -0.620. The molecular formula is C37H42OP2S. The predicted molar refractivity (Wildman–Crippen MR) is 186 cm³/mol. The van der Waals surface area contributed by atoms with Crippen molar-refractivity contribution in [2.45, 2.75) is 58.3 Å². The highest BCUT2D eigenvalue weighted by molar-refractivity contribution is 8.13. The lowest BCUT2D eigenvalue weighted by molar-refractivity contribution is -0.109. The van der Waals surface area contributed by atoms with Crippen LogP contribution in [0.3, 0.4) is 0 Å². The van der Waals surface area contributed by atoms with Crippen molar-refractivity contribution in [1.29, 1.82) is 0 Å². The molecule has 4 rings (SSSR count). The summed E-state index contributed by atoms with van der Waals surface area (Å²) in [5.41, 5.74) is 0. The van der Waals surface area contributed by atoms with Gasteiger partial charge in [-0.1, -0.05) is 165 Å². The van der Waals surface area contributed by atoms with E-state index in [1.165, 1.54) is 71.5 Å². The van der Waals surface area contributed by atoms with Crippen molar-refractivity contribution in [2.24, 2.45) is 0 Å². The Kier molecular flexibility index (Phi) is 13.9. The second-order valence-electron chi connectivity index (χ2n) is 10.2. The molecule has 0 bridgehead atoms. The van der Waals surface area contributed by atoms with Crippen molar-refractivity contribution < 1.29 is 4.79 Å². The fourth-order valence-corrected chi connectivity index (χ4v) is 10.7. The van der Waals surface area contributed by atoms with E-state index in [0.29, 0.717) is 0 Å². The van der Waals surface area contributed by atoms with Gasteiger partial charge in [-0.2, -0.15) is 0 Å². The molecule has 4 aromatic carbocycles. The quantitative estimate of drug-likeness (QED) is 0.0947. The molecule has 0 amide bonds. The fraction of sp³-hybridized carbons (Fsp3) is 0.270. The number of allylic oxidation sites excluding steroid dienone is 1. The maximum absolute atomic E-state index is 11.1. The standard InChI is InChI=1S/C37H42OP2S/c1-32(38)41-30-20-6-4-2-3-5-11-29-37(40(35-25-16-9-17-26-35)36-27-18-10-19-28-36)31-39(33-21-12-7-13-22-33)34-23-14-8-15-24-34/h7-10,12-19,21-28,31H,2-6,11,20,29-30H2,1H3/b37-31-. The van der Waals surface area contributed by atoms with Gasteiger partial charge in [0, 0.05) is 12.7 Å². The molecule has 0 aromatic heterocycles. The van der Waals surface area contributed by atoms with Crippen LogP contribution in [-0.4, -0.2) is 10.9 Å². The van der Waals surface area contributed by atoms with Gasteiger partial charge in [0.15, 0.2) is 5.12 Å². The normalized spacial score (nSPS) is 11.7. The molecule has 0 radical (unpaired) electrons. The summed E-state index contributed by atoms with van der Waals surface area (Å²) in [5, 5.41) is 7.51. The van der Waals surface area contributed by atoms with Gasteiger partial charge in [0.1, 0.15) is 0 Å². The van der Waals surface area contributed by atoms with E-state index in [2.05, 4.69) is 127 Å². The van der Waals surface area contributed by atoms with Gasteiger partial charge < -0.3 is 0 Å². The SMILES string of the molecule is CC(=O)SCCCCCCCCC/C(=C/P(c1ccccc1)c1ccccc1)P(c1ccccc1)c1ccccc1. The Morgan fingerprint density at radius 3 is 1.39 bits per heavy atom. The van der Waals surface area contributed by atoms with Crippen LogP contribution >= 0.6 is 27.6 Å². The average molecular weight is 597 g/mol. The lowest BCUT2D eigenvalue weighted by atomic mass is 10.1. The molecule has 0 atom stereocenters. The van der Waals surface area contributed by atoms with Crippen LogP contribution in [0.5, 0.6) is 0 Å². The van der Waals surface area contributed by atoms with E-state index >= 15 is 0 Å². The molecule has 212 valence electrons. The summed E-state index contributed by atoms with van der Waals surface area (Å²) >= 11 is 1.46. The molecule has 0 aliphatic heterocycles. The van der Waals surface area contributed by atoms with E-state index in [4.69, 9.17) is 0 Å². The molecule has 4 aromatic rings. The first-order chi connectivity index (χ1) is 20.2. The summed E-state index contributed by atoms with van der Waals surface area (Å²) in [7, 11) is -1.24. The molecule has 0 N–H and O–H groups in total. The van der Waals surface area contributed by atoms with Gasteiger partial charge in [-0.15, -0.1) is 0 Å². The zero-order chi connectivity index (χ0) is 28.5. The van der Waals surface area contributed by atoms with Gasteiger partial charge >= 0.3 is 0 Å². The largest absolute Gasteiger partial charge is 0.288 e. The van der Waals surface area contributed by atoms with Crippen molar-refractivity contribution in [1.82, 2.24) is 0 Å². The molecule has 0 saturated carbocycles. The summed E-state index contributed by atoms with van der Waals surface area (Å²) in [6, 6.07) is 44.5. The fourth-order valence-electron chi connectivity index (χ4n) is 5.00. The van der Waals surface area contributed by atoms with E-state index in [1.807, 2.05) is 0 Å². The molecule has 0 aliphatic rings. The van der Waals surface area contributed by atoms with Crippen molar-refractivity contribution in [2.75, 3.05) is 5.75 Å². The third-order valence-corrected chi connectivity index (χ3v) is 13.0. The second kappa shape index (κ2) is 18.1. The first kappa shape index (κ1) is 31.4. The molecule has 0 spiro atoms. The van der Waals surface area contributed by atoms with Crippen molar-refractivity contribution in [3.8, 4) is 0 Å². The minimum Gasteiger partial charge on any atom is -0.288 e. The Morgan fingerprint density at radius 1 is 0.561 bits per heavy atom. The summed E-state index contributed by atoms with van der Waals surface area (Å²) in [6.45, 7) is 1.66. The van der Waals surface area contributed by atoms with Gasteiger partial charge in [0.2, 0.25) is 0 Å². The number of carbonyl (C=O) groups is 1. The Bertz CT molecular complexity index is 1230. The molecule has 0 aliphatic carbocycles. The van der Waals surface area contributed by atoms with E-state index in [-0.39, 0.29) is 5.12 Å². The van der Waals surface area contributed by atoms with Crippen LogP contribution < -0.4 is 21.2 Å². The molecule has 1 nitrogen and oxygen atoms in total. The summed E-state index contributed by atoms with van der Waals surface area (Å²) in [5.74, 6) is 3.64. The number of unbranched alkanes of at least 4 members (excludes halogenated alkanes) is 6. The zero-order valence-electron chi connectivity index (χ0n) is 24.2. The Morgan fingerprint density at radius 2 is 0.951 bits per heavy atom. The molecular weight excluding hydrogens is 554 g/mol. The predicted octanol–water partition coefficient (Wildman–Crippen LogP) is 9.49. The lowest BCUT2D eigenvalue weighted by Gasteiger charge is -2.25. The van der Waals surface area contributed by atoms with Gasteiger partial charge in [-0.05, 0) is 67.5 Å². The Hall–Kier alpha value is -2.50. The van der Waals surface area contributed by atoms with Crippen LogP contribution in [-0.2, 0) is 4.79 Å². The van der Waals surface area contributed by atoms with Gasteiger partial charge in [-0.3, -0.25) is 4.79 Å². The van der Waals surface area contributed by atoms with E-state index in [1.54, 1.807) is 12.2 Å². The van der Waals surface area contributed by atoms with Crippen molar-refractivity contribution in [3.63, 3.8) is 0 Å². The Balaban J connectivity index is 1.56. The van der Waals surface area contributed by atoms with E-state index < -0.39 is 15.8 Å². The van der Waals surface area contributed by atoms with Crippen LogP contribution in [0, 0.1) is 0 Å². The summed E-state index contributed by atoms with van der Waals surface area (Å²) < 4.78 is 0. The summed E-state index contributed by atoms with van der Waals surface area (Å²) in [6.07, 6.45) is 9.84. The van der Waals surface area contributed by atoms with Crippen LogP contribution in [0.15, 0.2) is 132 Å². The highest BCUT2D eigenvalue weighted by Crippen LogP contribution is 2.50. The first-order valence-electron chi connectivity index (χ1n) is 14.9. The van der Waals surface area contributed by atoms with Crippen LogP contribution in [0.1, 0.15) is 58.3 Å². The number of benzene rings is 4. The Labute approximate surface area is 254 Å². The number of thioether (sulfide) groups is 1. The number of hydrogen-bond donors (Lipinski definition) is 0. The van der Waals surface area contributed by atoms with Crippen LogP contribution in [0.2, 0.25) is 0 Å².